The van der Waals surface area contributed by atoms with Crippen molar-refractivity contribution in [1.82, 2.24) is 0 Å². The average Bonchev–Trinajstić information content (AvgIpc) is 2.54. The standard InChI is InChI=1S/C11H14N2O3S/c1-13-10-3-2-9(17(15,16)5-4-12)6-8(10)7-11(13)14/h2-3,6H,4-5,7,12H2,1H3. The van der Waals surface area contributed by atoms with Gasteiger partial charge in [-0.3, -0.25) is 4.79 Å². The first-order chi connectivity index (χ1) is 7.95. The third-order valence-electron chi connectivity index (χ3n) is 2.87. The minimum Gasteiger partial charge on any atom is -0.329 e. The molecule has 2 rings (SSSR count). The molecule has 0 atom stereocenters. The fourth-order valence-corrected chi connectivity index (χ4v) is 3.06. The second-order valence-electron chi connectivity index (χ2n) is 4.03. The average molecular weight is 254 g/mol. The van der Waals surface area contributed by atoms with Crippen molar-refractivity contribution in [2.24, 2.45) is 5.73 Å². The van der Waals surface area contributed by atoms with Crippen LogP contribution in [0.2, 0.25) is 0 Å². The van der Waals surface area contributed by atoms with Gasteiger partial charge < -0.3 is 10.6 Å². The van der Waals surface area contributed by atoms with Crippen LogP contribution in [0.15, 0.2) is 23.1 Å². The van der Waals surface area contributed by atoms with E-state index in [0.29, 0.717) is 0 Å². The molecule has 6 heteroatoms. The fourth-order valence-electron chi connectivity index (χ4n) is 1.91. The van der Waals surface area contributed by atoms with Crippen LogP contribution in [-0.4, -0.2) is 33.7 Å². The molecule has 2 N–H and O–H groups in total. The van der Waals surface area contributed by atoms with Gasteiger partial charge in [-0.2, -0.15) is 0 Å². The summed E-state index contributed by atoms with van der Waals surface area (Å²) in [4.78, 5) is 13.3. The number of amides is 1. The number of hydrogen-bond donors (Lipinski definition) is 1. The minimum absolute atomic E-state index is 0.0200. The molecule has 1 heterocycles. The highest BCUT2D eigenvalue weighted by Gasteiger charge is 2.25. The van der Waals surface area contributed by atoms with Crippen molar-refractivity contribution in [3.8, 4) is 0 Å². The summed E-state index contributed by atoms with van der Waals surface area (Å²) in [7, 11) is -1.64. The Hall–Kier alpha value is -1.40. The maximum atomic E-state index is 11.8. The Morgan fingerprint density at radius 3 is 2.76 bits per heavy atom. The van der Waals surface area contributed by atoms with Gasteiger partial charge in [-0.15, -0.1) is 0 Å². The number of nitrogens with zero attached hydrogens (tertiary/aromatic N) is 1. The summed E-state index contributed by atoms with van der Waals surface area (Å²) in [5.41, 5.74) is 6.81. The van der Waals surface area contributed by atoms with Crippen LogP contribution in [0.5, 0.6) is 0 Å². The molecule has 0 unspecified atom stereocenters. The highest BCUT2D eigenvalue weighted by Crippen LogP contribution is 2.29. The number of likely N-dealkylation sites (N-methyl/N-ethyl adjacent to an activating group) is 1. The van der Waals surface area contributed by atoms with E-state index in [2.05, 4.69) is 0 Å². The first-order valence-corrected chi connectivity index (χ1v) is 6.93. The third kappa shape index (κ3) is 2.05. The SMILES string of the molecule is CN1C(=O)Cc2cc(S(=O)(=O)CCN)ccc21. The largest absolute Gasteiger partial charge is 0.329 e. The molecule has 0 aromatic heterocycles. The minimum atomic E-state index is -3.32. The zero-order valence-electron chi connectivity index (χ0n) is 9.51. The highest BCUT2D eigenvalue weighted by atomic mass is 32.2. The predicted octanol–water partition coefficient (Wildman–Crippen LogP) is -0.0621. The van der Waals surface area contributed by atoms with Crippen LogP contribution in [0, 0.1) is 0 Å². The molecular weight excluding hydrogens is 240 g/mol. The van der Waals surface area contributed by atoms with Gasteiger partial charge in [0.25, 0.3) is 0 Å². The fraction of sp³-hybridized carbons (Fsp3) is 0.364. The number of carbonyl (C=O) groups is 1. The maximum Gasteiger partial charge on any atom is 0.231 e. The Morgan fingerprint density at radius 2 is 2.12 bits per heavy atom. The predicted molar refractivity (Wildman–Crippen MR) is 64.7 cm³/mol. The van der Waals surface area contributed by atoms with E-state index < -0.39 is 9.84 Å². The number of carbonyl (C=O) groups excluding carboxylic acids is 1. The summed E-state index contributed by atoms with van der Waals surface area (Å²) in [6, 6.07) is 4.77. The van der Waals surface area contributed by atoms with Gasteiger partial charge in [-0.1, -0.05) is 0 Å². The molecule has 1 aliphatic rings. The molecule has 0 saturated heterocycles. The topological polar surface area (TPSA) is 80.5 Å². The third-order valence-corrected chi connectivity index (χ3v) is 4.62. The molecule has 1 aromatic carbocycles. The lowest BCUT2D eigenvalue weighted by molar-refractivity contribution is -0.117. The zero-order valence-corrected chi connectivity index (χ0v) is 10.3. The first kappa shape index (κ1) is 12.1. The molecule has 1 aromatic rings. The number of anilines is 1. The Bertz CT molecular complexity index is 566. The van der Waals surface area contributed by atoms with Gasteiger partial charge >= 0.3 is 0 Å². The second kappa shape index (κ2) is 4.12. The van der Waals surface area contributed by atoms with E-state index in [1.165, 1.54) is 11.0 Å². The lowest BCUT2D eigenvalue weighted by atomic mass is 10.2. The van der Waals surface area contributed by atoms with E-state index in [-0.39, 0.29) is 29.5 Å². The van der Waals surface area contributed by atoms with Gasteiger partial charge in [0.1, 0.15) is 0 Å². The number of sulfone groups is 1. The number of nitrogens with two attached hydrogens (primary N) is 1. The Kier molecular flexibility index (Phi) is 2.92. The first-order valence-electron chi connectivity index (χ1n) is 5.28. The summed E-state index contributed by atoms with van der Waals surface area (Å²) in [6.07, 6.45) is 0.262. The van der Waals surface area contributed by atoms with E-state index in [4.69, 9.17) is 5.73 Å². The molecule has 0 saturated carbocycles. The van der Waals surface area contributed by atoms with E-state index in [1.807, 2.05) is 0 Å². The molecular formula is C11H14N2O3S. The number of benzene rings is 1. The van der Waals surface area contributed by atoms with Gasteiger partial charge in [-0.25, -0.2) is 8.42 Å². The molecule has 17 heavy (non-hydrogen) atoms. The van der Waals surface area contributed by atoms with Gasteiger partial charge in [-0.05, 0) is 23.8 Å². The summed E-state index contributed by atoms with van der Waals surface area (Å²) in [5, 5.41) is 0. The van der Waals surface area contributed by atoms with E-state index in [9.17, 15) is 13.2 Å². The van der Waals surface area contributed by atoms with Crippen molar-refractivity contribution in [3.63, 3.8) is 0 Å². The molecule has 1 aliphatic heterocycles. The molecule has 0 aliphatic carbocycles. The summed E-state index contributed by atoms with van der Waals surface area (Å²) in [5.74, 6) is -0.0939. The van der Waals surface area contributed by atoms with Crippen LogP contribution < -0.4 is 10.6 Å². The van der Waals surface area contributed by atoms with E-state index >= 15 is 0 Å². The van der Waals surface area contributed by atoms with Crippen molar-refractivity contribution in [2.45, 2.75) is 11.3 Å². The molecule has 0 bridgehead atoms. The molecule has 0 spiro atoms. The molecule has 5 nitrogen and oxygen atoms in total. The van der Waals surface area contributed by atoms with Crippen LogP contribution in [0.25, 0.3) is 0 Å². The lowest BCUT2D eigenvalue weighted by Crippen LogP contribution is -2.20. The molecule has 1 amide bonds. The molecule has 92 valence electrons. The summed E-state index contributed by atoms with van der Waals surface area (Å²) >= 11 is 0. The van der Waals surface area contributed by atoms with Crippen molar-refractivity contribution in [3.05, 3.63) is 23.8 Å². The number of rotatable bonds is 3. The highest BCUT2D eigenvalue weighted by molar-refractivity contribution is 7.91. The Labute approximate surface area is 100 Å². The van der Waals surface area contributed by atoms with Gasteiger partial charge in [0, 0.05) is 19.3 Å². The Morgan fingerprint density at radius 1 is 1.41 bits per heavy atom. The van der Waals surface area contributed by atoms with E-state index in [0.717, 1.165) is 11.3 Å². The number of hydrogen-bond acceptors (Lipinski definition) is 4. The maximum absolute atomic E-state index is 11.8. The smallest absolute Gasteiger partial charge is 0.231 e. The summed E-state index contributed by atoms with van der Waals surface area (Å²) < 4.78 is 23.6. The van der Waals surface area contributed by atoms with Crippen molar-refractivity contribution in [1.29, 1.82) is 0 Å². The zero-order chi connectivity index (χ0) is 12.6. The van der Waals surface area contributed by atoms with Gasteiger partial charge in [0.2, 0.25) is 5.91 Å². The van der Waals surface area contributed by atoms with E-state index in [1.54, 1.807) is 19.2 Å². The quantitative estimate of drug-likeness (QED) is 0.819. The van der Waals surface area contributed by atoms with Crippen LogP contribution in [-0.2, 0) is 21.1 Å². The Balaban J connectivity index is 2.44. The van der Waals surface area contributed by atoms with Crippen molar-refractivity contribution in [2.75, 3.05) is 24.2 Å². The summed E-state index contributed by atoms with van der Waals surface area (Å²) in [6.45, 7) is 0.0955. The van der Waals surface area contributed by atoms with Gasteiger partial charge in [0.15, 0.2) is 9.84 Å². The van der Waals surface area contributed by atoms with Crippen LogP contribution in [0.4, 0.5) is 5.69 Å². The monoisotopic (exact) mass is 254 g/mol. The second-order valence-corrected chi connectivity index (χ2v) is 6.14. The van der Waals surface area contributed by atoms with Crippen molar-refractivity contribution >= 4 is 21.4 Å². The van der Waals surface area contributed by atoms with Crippen LogP contribution in [0.1, 0.15) is 5.56 Å². The van der Waals surface area contributed by atoms with Crippen LogP contribution >= 0.6 is 0 Å². The normalized spacial score (nSPS) is 15.2. The molecule has 0 radical (unpaired) electrons. The lowest BCUT2D eigenvalue weighted by Gasteiger charge is -2.10. The molecule has 0 fully saturated rings. The van der Waals surface area contributed by atoms with Crippen LogP contribution in [0.3, 0.4) is 0 Å². The van der Waals surface area contributed by atoms with Gasteiger partial charge in [0.05, 0.1) is 17.1 Å². The number of fused-ring (bicyclic) bond motifs is 1. The van der Waals surface area contributed by atoms with Crippen molar-refractivity contribution < 1.29 is 13.2 Å².